The van der Waals surface area contributed by atoms with Crippen LogP contribution < -0.4 is 10.1 Å². The molecule has 2 aromatic heterocycles. The van der Waals surface area contributed by atoms with Crippen LogP contribution in [0.5, 0.6) is 11.5 Å². The van der Waals surface area contributed by atoms with Gasteiger partial charge in [-0.1, -0.05) is 18.2 Å². The van der Waals surface area contributed by atoms with E-state index in [0.29, 0.717) is 40.3 Å². The zero-order valence-corrected chi connectivity index (χ0v) is 18.9. The number of benzene rings is 2. The summed E-state index contributed by atoms with van der Waals surface area (Å²) in [4.78, 5) is 12.6. The van der Waals surface area contributed by atoms with Crippen molar-refractivity contribution in [2.24, 2.45) is 0 Å². The molecule has 0 aliphatic carbocycles. The third-order valence-corrected chi connectivity index (χ3v) is 5.08. The van der Waals surface area contributed by atoms with Gasteiger partial charge in [0.15, 0.2) is 0 Å². The number of fused-ring (bicyclic) bond motifs is 1. The molecular formula is C26H24N4O4. The van der Waals surface area contributed by atoms with Gasteiger partial charge >= 0.3 is 5.97 Å². The van der Waals surface area contributed by atoms with E-state index in [1.165, 1.54) is 6.20 Å². The minimum absolute atomic E-state index is 0.177. The Balaban J connectivity index is 1.72. The van der Waals surface area contributed by atoms with Crippen LogP contribution in [0.4, 0.5) is 11.4 Å². The fourth-order valence-corrected chi connectivity index (χ4v) is 3.52. The van der Waals surface area contributed by atoms with Crippen molar-refractivity contribution >= 4 is 22.9 Å². The molecule has 0 radical (unpaired) electrons. The second kappa shape index (κ2) is 10.5. The molecule has 0 saturated carbocycles. The molecule has 0 bridgehead atoms. The van der Waals surface area contributed by atoms with E-state index in [0.717, 1.165) is 11.4 Å². The van der Waals surface area contributed by atoms with E-state index in [4.69, 9.17) is 14.2 Å². The SMILES string of the molecule is CCOCc1c(C(=O)OCC)cn2ncc(C#N)c(Nc3ccc(Oc4ccccc4)cc3)c12. The van der Waals surface area contributed by atoms with Gasteiger partial charge in [-0.3, -0.25) is 0 Å². The molecule has 0 spiro atoms. The minimum Gasteiger partial charge on any atom is -0.462 e. The average Bonchev–Trinajstić information content (AvgIpc) is 3.24. The number of carbonyl (C=O) groups excluding carboxylic acids is 1. The quantitative estimate of drug-likeness (QED) is 0.334. The van der Waals surface area contributed by atoms with Gasteiger partial charge in [0.2, 0.25) is 0 Å². The van der Waals surface area contributed by atoms with Gasteiger partial charge in [-0.2, -0.15) is 10.4 Å². The fourth-order valence-electron chi connectivity index (χ4n) is 3.52. The van der Waals surface area contributed by atoms with E-state index in [2.05, 4.69) is 16.5 Å². The van der Waals surface area contributed by atoms with Gasteiger partial charge in [0.05, 0.1) is 41.7 Å². The number of para-hydroxylation sites is 1. The summed E-state index contributed by atoms with van der Waals surface area (Å²) in [6.07, 6.45) is 3.06. The Morgan fingerprint density at radius 1 is 1.06 bits per heavy atom. The third-order valence-electron chi connectivity index (χ3n) is 5.08. The van der Waals surface area contributed by atoms with E-state index >= 15 is 0 Å². The second-order valence-electron chi connectivity index (χ2n) is 7.28. The maximum absolute atomic E-state index is 12.6. The Bertz CT molecular complexity index is 1330. The summed E-state index contributed by atoms with van der Waals surface area (Å²) in [7, 11) is 0. The van der Waals surface area contributed by atoms with Crippen molar-refractivity contribution in [1.82, 2.24) is 9.61 Å². The van der Waals surface area contributed by atoms with Gasteiger partial charge in [-0.05, 0) is 50.2 Å². The summed E-state index contributed by atoms with van der Waals surface area (Å²) in [6.45, 7) is 4.52. The zero-order valence-electron chi connectivity index (χ0n) is 18.9. The summed E-state index contributed by atoms with van der Waals surface area (Å²) >= 11 is 0. The van der Waals surface area contributed by atoms with Crippen LogP contribution >= 0.6 is 0 Å². The lowest BCUT2D eigenvalue weighted by Crippen LogP contribution is -2.07. The van der Waals surface area contributed by atoms with Crippen LogP contribution in [0.3, 0.4) is 0 Å². The highest BCUT2D eigenvalue weighted by Crippen LogP contribution is 2.32. The second-order valence-corrected chi connectivity index (χ2v) is 7.28. The zero-order chi connectivity index (χ0) is 23.9. The van der Waals surface area contributed by atoms with Crippen molar-refractivity contribution in [3.63, 3.8) is 0 Å². The van der Waals surface area contributed by atoms with Crippen LogP contribution in [0.2, 0.25) is 0 Å². The number of nitriles is 1. The standard InChI is InChI=1S/C26H24N4O4/c1-3-32-17-23-22(26(31)33-4-2)16-30-25(23)24(18(14-27)15-28-30)29-19-10-12-21(13-11-19)34-20-8-6-5-7-9-20/h5-13,15-16,29H,3-4,17H2,1-2H3. The highest BCUT2D eigenvalue weighted by atomic mass is 16.5. The number of aromatic nitrogens is 2. The van der Waals surface area contributed by atoms with Crippen LogP contribution in [0.25, 0.3) is 5.52 Å². The molecule has 0 unspecified atom stereocenters. The number of esters is 1. The van der Waals surface area contributed by atoms with Gasteiger partial charge in [0.1, 0.15) is 17.6 Å². The molecule has 0 atom stereocenters. The summed E-state index contributed by atoms with van der Waals surface area (Å²) in [5.74, 6) is 0.960. The molecule has 34 heavy (non-hydrogen) atoms. The van der Waals surface area contributed by atoms with Crippen LogP contribution in [0.1, 0.15) is 35.3 Å². The fraction of sp³-hybridized carbons (Fsp3) is 0.192. The smallest absolute Gasteiger partial charge is 0.340 e. The normalized spacial score (nSPS) is 10.6. The molecule has 0 amide bonds. The molecule has 0 aliphatic heterocycles. The lowest BCUT2D eigenvalue weighted by molar-refractivity contribution is 0.0520. The summed E-state index contributed by atoms with van der Waals surface area (Å²) in [5, 5.41) is 17.4. The number of hydrogen-bond acceptors (Lipinski definition) is 7. The van der Waals surface area contributed by atoms with E-state index in [9.17, 15) is 10.1 Å². The maximum atomic E-state index is 12.6. The number of nitrogens with zero attached hydrogens (tertiary/aromatic N) is 3. The molecule has 2 heterocycles. The number of rotatable bonds is 9. The molecule has 4 aromatic rings. The van der Waals surface area contributed by atoms with E-state index in [1.54, 1.807) is 17.6 Å². The van der Waals surface area contributed by atoms with Crippen molar-refractivity contribution in [1.29, 1.82) is 5.26 Å². The number of anilines is 2. The first-order chi connectivity index (χ1) is 16.6. The Hall–Kier alpha value is -4.35. The van der Waals surface area contributed by atoms with E-state index in [-0.39, 0.29) is 13.2 Å². The van der Waals surface area contributed by atoms with Gasteiger partial charge < -0.3 is 19.5 Å². The number of hydrogen-bond donors (Lipinski definition) is 1. The molecule has 4 rings (SSSR count). The van der Waals surface area contributed by atoms with Gasteiger partial charge in [0, 0.05) is 24.1 Å². The largest absolute Gasteiger partial charge is 0.462 e. The monoisotopic (exact) mass is 456 g/mol. The molecule has 8 nitrogen and oxygen atoms in total. The molecule has 0 aliphatic rings. The van der Waals surface area contributed by atoms with Crippen LogP contribution in [0, 0.1) is 11.3 Å². The lowest BCUT2D eigenvalue weighted by atomic mass is 10.1. The Kier molecular flexibility index (Phi) is 7.06. The summed E-state index contributed by atoms with van der Waals surface area (Å²) < 4.78 is 18.3. The minimum atomic E-state index is -0.463. The molecule has 0 fully saturated rings. The van der Waals surface area contributed by atoms with Crippen LogP contribution in [-0.2, 0) is 16.1 Å². The predicted octanol–water partition coefficient (Wildman–Crippen LogP) is 5.46. The third kappa shape index (κ3) is 4.85. The topological polar surface area (TPSA) is 97.9 Å². The van der Waals surface area contributed by atoms with Crippen LogP contribution in [-0.4, -0.2) is 28.8 Å². The van der Waals surface area contributed by atoms with Crippen molar-refractivity contribution in [2.75, 3.05) is 18.5 Å². The Morgan fingerprint density at radius 2 is 1.79 bits per heavy atom. The molecule has 8 heteroatoms. The average molecular weight is 457 g/mol. The molecule has 2 aromatic carbocycles. The molecular weight excluding hydrogens is 432 g/mol. The lowest BCUT2D eigenvalue weighted by Gasteiger charge is -2.13. The maximum Gasteiger partial charge on any atom is 0.340 e. The summed E-state index contributed by atoms with van der Waals surface area (Å²) in [5.41, 5.74) is 3.15. The number of nitrogens with one attached hydrogen (secondary N) is 1. The highest BCUT2D eigenvalue weighted by molar-refractivity contribution is 5.97. The first-order valence-corrected chi connectivity index (χ1v) is 10.9. The van der Waals surface area contributed by atoms with Crippen molar-refractivity contribution < 1.29 is 19.0 Å². The van der Waals surface area contributed by atoms with Crippen molar-refractivity contribution in [2.45, 2.75) is 20.5 Å². The molecule has 0 saturated heterocycles. The van der Waals surface area contributed by atoms with Gasteiger partial charge in [0.25, 0.3) is 0 Å². The first kappa shape index (κ1) is 22.8. The highest BCUT2D eigenvalue weighted by Gasteiger charge is 2.23. The van der Waals surface area contributed by atoms with Gasteiger partial charge in [-0.25, -0.2) is 9.31 Å². The van der Waals surface area contributed by atoms with Gasteiger partial charge in [-0.15, -0.1) is 0 Å². The Labute approximate surface area is 197 Å². The molecule has 172 valence electrons. The molecule has 1 N–H and O–H groups in total. The van der Waals surface area contributed by atoms with E-state index in [1.807, 2.05) is 61.5 Å². The predicted molar refractivity (Wildman–Crippen MR) is 127 cm³/mol. The van der Waals surface area contributed by atoms with E-state index < -0.39 is 5.97 Å². The number of carbonyl (C=O) groups is 1. The van der Waals surface area contributed by atoms with Crippen molar-refractivity contribution in [3.05, 3.63) is 83.7 Å². The Morgan fingerprint density at radius 3 is 2.47 bits per heavy atom. The first-order valence-electron chi connectivity index (χ1n) is 10.9. The number of ether oxygens (including phenoxy) is 3. The van der Waals surface area contributed by atoms with Crippen LogP contribution in [0.15, 0.2) is 67.0 Å². The summed E-state index contributed by atoms with van der Waals surface area (Å²) in [6, 6.07) is 19.1. The van der Waals surface area contributed by atoms with Crippen molar-refractivity contribution in [3.8, 4) is 17.6 Å².